The minimum absolute atomic E-state index is 0.172. The van der Waals surface area contributed by atoms with Crippen LogP contribution in [0.2, 0.25) is 5.02 Å². The lowest BCUT2D eigenvalue weighted by molar-refractivity contribution is -0.135. The van der Waals surface area contributed by atoms with Gasteiger partial charge in [-0.25, -0.2) is 0 Å². The Labute approximate surface area is 155 Å². The largest absolute Gasteiger partial charge is 0.342 e. The van der Waals surface area contributed by atoms with Crippen molar-refractivity contribution in [1.29, 1.82) is 0 Å². The lowest BCUT2D eigenvalue weighted by Crippen LogP contribution is -2.51. The summed E-state index contributed by atoms with van der Waals surface area (Å²) in [7, 11) is 0. The molecular formula is C19H28ClN3O2. The molecule has 1 aliphatic heterocycles. The number of rotatable bonds is 7. The van der Waals surface area contributed by atoms with Crippen LogP contribution in [0.3, 0.4) is 0 Å². The number of benzene rings is 1. The molecule has 25 heavy (non-hydrogen) atoms. The molecule has 0 bridgehead atoms. The maximum Gasteiger partial charge on any atom is 0.236 e. The fourth-order valence-electron chi connectivity index (χ4n) is 3.12. The Kier molecular flexibility index (Phi) is 7.72. The van der Waals surface area contributed by atoms with E-state index >= 15 is 0 Å². The molecule has 1 aromatic rings. The number of nitrogens with zero attached hydrogens (tertiary/aromatic N) is 3. The van der Waals surface area contributed by atoms with E-state index in [-0.39, 0.29) is 11.8 Å². The summed E-state index contributed by atoms with van der Waals surface area (Å²) in [6.45, 7) is 8.85. The second kappa shape index (κ2) is 9.78. The molecule has 0 radical (unpaired) electrons. The van der Waals surface area contributed by atoms with Gasteiger partial charge in [-0.15, -0.1) is 0 Å². The van der Waals surface area contributed by atoms with E-state index in [0.29, 0.717) is 37.5 Å². The molecule has 0 spiro atoms. The highest BCUT2D eigenvalue weighted by Gasteiger charge is 2.23. The molecule has 0 unspecified atom stereocenters. The van der Waals surface area contributed by atoms with Crippen molar-refractivity contribution in [3.8, 4) is 0 Å². The van der Waals surface area contributed by atoms with E-state index in [2.05, 4.69) is 4.90 Å². The standard InChI is InChI=1S/C19H28ClN3O2/c1-3-22(4-2)19(25)15-21-10-12-23(13-11-21)18(24)9-8-16-6-5-7-17(20)14-16/h5-7,14H,3-4,8-13,15H2,1-2H3. The first-order valence-electron chi connectivity index (χ1n) is 9.05. The van der Waals surface area contributed by atoms with Gasteiger partial charge in [-0.2, -0.15) is 0 Å². The van der Waals surface area contributed by atoms with Crippen LogP contribution in [-0.4, -0.2) is 72.3 Å². The fraction of sp³-hybridized carbons (Fsp3) is 0.579. The highest BCUT2D eigenvalue weighted by atomic mass is 35.5. The van der Waals surface area contributed by atoms with Gasteiger partial charge in [0.15, 0.2) is 0 Å². The number of aryl methyl sites for hydroxylation is 1. The van der Waals surface area contributed by atoms with Crippen LogP contribution in [0.25, 0.3) is 0 Å². The molecule has 1 saturated heterocycles. The molecule has 0 atom stereocenters. The summed E-state index contributed by atoms with van der Waals surface area (Å²) >= 11 is 5.98. The zero-order valence-electron chi connectivity index (χ0n) is 15.2. The Bertz CT molecular complexity index is 582. The van der Waals surface area contributed by atoms with Gasteiger partial charge < -0.3 is 9.80 Å². The molecule has 1 heterocycles. The summed E-state index contributed by atoms with van der Waals surface area (Å²) in [4.78, 5) is 30.4. The van der Waals surface area contributed by atoms with Gasteiger partial charge in [-0.3, -0.25) is 14.5 Å². The highest BCUT2D eigenvalue weighted by molar-refractivity contribution is 6.30. The first kappa shape index (κ1) is 19.7. The second-order valence-electron chi connectivity index (χ2n) is 6.35. The van der Waals surface area contributed by atoms with Gasteiger partial charge in [0.05, 0.1) is 6.54 Å². The monoisotopic (exact) mass is 365 g/mol. The SMILES string of the molecule is CCN(CC)C(=O)CN1CCN(C(=O)CCc2cccc(Cl)c2)CC1. The highest BCUT2D eigenvalue weighted by Crippen LogP contribution is 2.13. The van der Waals surface area contributed by atoms with E-state index in [4.69, 9.17) is 11.6 Å². The summed E-state index contributed by atoms with van der Waals surface area (Å²) in [5, 5.41) is 0.705. The first-order valence-corrected chi connectivity index (χ1v) is 9.43. The predicted molar refractivity (Wildman–Crippen MR) is 101 cm³/mol. The van der Waals surface area contributed by atoms with E-state index in [1.54, 1.807) is 0 Å². The second-order valence-corrected chi connectivity index (χ2v) is 6.79. The third-order valence-corrected chi connectivity index (χ3v) is 4.95. The quantitative estimate of drug-likeness (QED) is 0.744. The van der Waals surface area contributed by atoms with E-state index < -0.39 is 0 Å². The number of hydrogen-bond donors (Lipinski definition) is 0. The molecule has 0 aromatic heterocycles. The molecule has 2 amide bonds. The molecular weight excluding hydrogens is 338 g/mol. The van der Waals surface area contributed by atoms with Crippen molar-refractivity contribution in [2.45, 2.75) is 26.7 Å². The van der Waals surface area contributed by atoms with E-state index in [9.17, 15) is 9.59 Å². The third kappa shape index (κ3) is 6.01. The van der Waals surface area contributed by atoms with E-state index in [0.717, 1.165) is 31.7 Å². The van der Waals surface area contributed by atoms with Gasteiger partial charge in [0.2, 0.25) is 11.8 Å². The minimum Gasteiger partial charge on any atom is -0.342 e. The summed E-state index contributed by atoms with van der Waals surface area (Å²) in [5.74, 6) is 0.348. The zero-order chi connectivity index (χ0) is 18.2. The van der Waals surface area contributed by atoms with Crippen molar-refractivity contribution in [3.05, 3.63) is 34.9 Å². The van der Waals surface area contributed by atoms with Gasteiger partial charge in [-0.05, 0) is 38.0 Å². The number of halogens is 1. The lowest BCUT2D eigenvalue weighted by atomic mass is 10.1. The Morgan fingerprint density at radius 2 is 1.80 bits per heavy atom. The molecule has 1 aromatic carbocycles. The van der Waals surface area contributed by atoms with Crippen LogP contribution in [-0.2, 0) is 16.0 Å². The van der Waals surface area contributed by atoms with Crippen LogP contribution in [0.4, 0.5) is 0 Å². The van der Waals surface area contributed by atoms with E-state index in [1.807, 2.05) is 47.9 Å². The Morgan fingerprint density at radius 1 is 1.12 bits per heavy atom. The fourth-order valence-corrected chi connectivity index (χ4v) is 3.34. The summed E-state index contributed by atoms with van der Waals surface area (Å²) in [6.07, 6.45) is 1.21. The zero-order valence-corrected chi connectivity index (χ0v) is 16.0. The molecule has 6 heteroatoms. The molecule has 0 saturated carbocycles. The Morgan fingerprint density at radius 3 is 2.40 bits per heavy atom. The van der Waals surface area contributed by atoms with Crippen molar-refractivity contribution in [2.75, 3.05) is 45.8 Å². The van der Waals surface area contributed by atoms with Crippen LogP contribution >= 0.6 is 11.6 Å². The van der Waals surface area contributed by atoms with Crippen LogP contribution in [0.5, 0.6) is 0 Å². The number of hydrogen-bond acceptors (Lipinski definition) is 3. The van der Waals surface area contributed by atoms with Gasteiger partial charge in [0.25, 0.3) is 0 Å². The average Bonchev–Trinajstić information content (AvgIpc) is 2.61. The van der Waals surface area contributed by atoms with Crippen molar-refractivity contribution in [1.82, 2.24) is 14.7 Å². The molecule has 5 nitrogen and oxygen atoms in total. The lowest BCUT2D eigenvalue weighted by Gasteiger charge is -2.35. The van der Waals surface area contributed by atoms with Gasteiger partial charge in [0, 0.05) is 50.7 Å². The van der Waals surface area contributed by atoms with Crippen molar-refractivity contribution >= 4 is 23.4 Å². The summed E-state index contributed by atoms with van der Waals surface area (Å²) < 4.78 is 0. The molecule has 0 aliphatic carbocycles. The third-order valence-electron chi connectivity index (χ3n) is 4.72. The number of amides is 2. The van der Waals surface area contributed by atoms with Crippen LogP contribution in [0.1, 0.15) is 25.8 Å². The maximum absolute atomic E-state index is 12.4. The summed E-state index contributed by atoms with van der Waals surface area (Å²) in [5.41, 5.74) is 1.09. The molecule has 1 aliphatic rings. The topological polar surface area (TPSA) is 43.9 Å². The molecule has 1 fully saturated rings. The first-order chi connectivity index (χ1) is 12.0. The van der Waals surface area contributed by atoms with Crippen LogP contribution < -0.4 is 0 Å². The van der Waals surface area contributed by atoms with Crippen molar-refractivity contribution in [3.63, 3.8) is 0 Å². The molecule has 138 valence electrons. The van der Waals surface area contributed by atoms with Crippen LogP contribution in [0.15, 0.2) is 24.3 Å². The number of carbonyl (C=O) groups is 2. The Balaban J connectivity index is 1.74. The average molecular weight is 366 g/mol. The van der Waals surface area contributed by atoms with Gasteiger partial charge in [0.1, 0.15) is 0 Å². The molecule has 2 rings (SSSR count). The smallest absolute Gasteiger partial charge is 0.236 e. The maximum atomic E-state index is 12.4. The van der Waals surface area contributed by atoms with Gasteiger partial charge >= 0.3 is 0 Å². The van der Waals surface area contributed by atoms with Crippen molar-refractivity contribution in [2.24, 2.45) is 0 Å². The van der Waals surface area contributed by atoms with E-state index in [1.165, 1.54) is 0 Å². The molecule has 0 N–H and O–H groups in total. The predicted octanol–water partition coefficient (Wildman–Crippen LogP) is 2.29. The summed E-state index contributed by atoms with van der Waals surface area (Å²) in [6, 6.07) is 7.65. The normalized spacial score (nSPS) is 15.2. The Hall–Kier alpha value is -1.59. The van der Waals surface area contributed by atoms with Crippen LogP contribution in [0, 0.1) is 0 Å². The van der Waals surface area contributed by atoms with Crippen molar-refractivity contribution < 1.29 is 9.59 Å². The number of likely N-dealkylation sites (N-methyl/N-ethyl adjacent to an activating group) is 1. The number of piperazine rings is 1. The number of carbonyl (C=O) groups excluding carboxylic acids is 2. The van der Waals surface area contributed by atoms with Gasteiger partial charge in [-0.1, -0.05) is 23.7 Å². The minimum atomic E-state index is 0.172.